The summed E-state index contributed by atoms with van der Waals surface area (Å²) in [4.78, 5) is 0. The standard InChI is InChI=1S/C15H23N3OS/c1-6-16-15(20)18-17-9-12-8-13(10(2)3)14(19-5)7-11(12)4/h7-10H,6H2,1-5H3,(H2,16,18,20)/b17-9-. The van der Waals surface area contributed by atoms with Gasteiger partial charge in [0.15, 0.2) is 5.11 Å². The van der Waals surface area contributed by atoms with Crippen LogP contribution in [0.1, 0.15) is 43.4 Å². The summed E-state index contributed by atoms with van der Waals surface area (Å²) in [5.41, 5.74) is 6.14. The predicted molar refractivity (Wildman–Crippen MR) is 88.8 cm³/mol. The Hall–Kier alpha value is -1.62. The van der Waals surface area contributed by atoms with Crippen LogP contribution in [0.5, 0.6) is 5.75 Å². The average Bonchev–Trinajstić information content (AvgIpc) is 2.40. The number of ether oxygens (including phenoxy) is 1. The molecule has 0 bridgehead atoms. The maximum absolute atomic E-state index is 5.43. The van der Waals surface area contributed by atoms with E-state index in [1.165, 1.54) is 5.56 Å². The molecule has 0 atom stereocenters. The number of methoxy groups -OCH3 is 1. The van der Waals surface area contributed by atoms with Crippen molar-refractivity contribution in [1.82, 2.24) is 10.7 Å². The van der Waals surface area contributed by atoms with E-state index >= 15 is 0 Å². The van der Waals surface area contributed by atoms with Gasteiger partial charge in [-0.3, -0.25) is 5.43 Å². The molecular formula is C15H23N3OS. The first-order valence-corrected chi connectivity index (χ1v) is 7.15. The number of benzene rings is 1. The van der Waals surface area contributed by atoms with E-state index in [1.54, 1.807) is 13.3 Å². The summed E-state index contributed by atoms with van der Waals surface area (Å²) in [5.74, 6) is 1.32. The van der Waals surface area contributed by atoms with Gasteiger partial charge in [-0.1, -0.05) is 13.8 Å². The smallest absolute Gasteiger partial charge is 0.186 e. The van der Waals surface area contributed by atoms with Crippen molar-refractivity contribution in [2.75, 3.05) is 13.7 Å². The number of hydrazone groups is 1. The summed E-state index contributed by atoms with van der Waals surface area (Å²) in [6.07, 6.45) is 1.78. The van der Waals surface area contributed by atoms with Gasteiger partial charge >= 0.3 is 0 Å². The van der Waals surface area contributed by atoms with Crippen molar-refractivity contribution in [2.45, 2.75) is 33.6 Å². The molecule has 110 valence electrons. The number of hydrogen-bond acceptors (Lipinski definition) is 3. The van der Waals surface area contributed by atoms with Crippen LogP contribution in [-0.2, 0) is 0 Å². The van der Waals surface area contributed by atoms with Gasteiger partial charge in [0.25, 0.3) is 0 Å². The maximum atomic E-state index is 5.43. The van der Waals surface area contributed by atoms with Gasteiger partial charge in [-0.25, -0.2) is 0 Å². The van der Waals surface area contributed by atoms with Crippen molar-refractivity contribution in [1.29, 1.82) is 0 Å². The van der Waals surface area contributed by atoms with Crippen LogP contribution >= 0.6 is 12.2 Å². The topological polar surface area (TPSA) is 45.7 Å². The monoisotopic (exact) mass is 293 g/mol. The Morgan fingerprint density at radius 1 is 1.45 bits per heavy atom. The van der Waals surface area contributed by atoms with Gasteiger partial charge in [0.1, 0.15) is 5.75 Å². The molecule has 0 aliphatic carbocycles. The van der Waals surface area contributed by atoms with Gasteiger partial charge in [-0.15, -0.1) is 0 Å². The molecule has 0 amide bonds. The normalized spacial score (nSPS) is 10.9. The highest BCUT2D eigenvalue weighted by molar-refractivity contribution is 7.80. The molecule has 0 aliphatic rings. The van der Waals surface area contributed by atoms with Crippen LogP contribution in [0, 0.1) is 6.92 Å². The first-order chi connectivity index (χ1) is 9.49. The van der Waals surface area contributed by atoms with E-state index in [9.17, 15) is 0 Å². The Balaban J connectivity index is 2.92. The summed E-state index contributed by atoms with van der Waals surface area (Å²) in [6, 6.07) is 4.15. The molecule has 1 aromatic carbocycles. The molecular weight excluding hydrogens is 270 g/mol. The summed E-state index contributed by atoms with van der Waals surface area (Å²) < 4.78 is 5.43. The fourth-order valence-electron chi connectivity index (χ4n) is 1.84. The highest BCUT2D eigenvalue weighted by Crippen LogP contribution is 2.28. The minimum atomic E-state index is 0.397. The molecule has 0 fully saturated rings. The van der Waals surface area contributed by atoms with E-state index in [1.807, 2.05) is 19.9 Å². The molecule has 5 heteroatoms. The molecule has 0 heterocycles. The quantitative estimate of drug-likeness (QED) is 0.498. The minimum absolute atomic E-state index is 0.397. The Morgan fingerprint density at radius 3 is 2.70 bits per heavy atom. The first kappa shape index (κ1) is 16.4. The van der Waals surface area contributed by atoms with Gasteiger partial charge < -0.3 is 10.1 Å². The number of nitrogens with zero attached hydrogens (tertiary/aromatic N) is 1. The highest BCUT2D eigenvalue weighted by atomic mass is 32.1. The van der Waals surface area contributed by atoms with Crippen molar-refractivity contribution >= 4 is 23.5 Å². The van der Waals surface area contributed by atoms with Crippen LogP contribution in [0.15, 0.2) is 17.2 Å². The Bertz CT molecular complexity index is 498. The fraction of sp³-hybridized carbons (Fsp3) is 0.467. The Kier molecular flexibility index (Phi) is 6.45. The zero-order chi connectivity index (χ0) is 15.1. The summed E-state index contributed by atoms with van der Waals surface area (Å²) in [5, 5.41) is 7.67. The van der Waals surface area contributed by atoms with Crippen LogP contribution in [0.4, 0.5) is 0 Å². The zero-order valence-corrected chi connectivity index (χ0v) is 13.6. The lowest BCUT2D eigenvalue weighted by atomic mass is 9.97. The molecule has 1 rings (SSSR count). The second kappa shape index (κ2) is 7.85. The molecule has 2 N–H and O–H groups in total. The van der Waals surface area contributed by atoms with E-state index in [0.29, 0.717) is 11.0 Å². The number of nitrogens with one attached hydrogen (secondary N) is 2. The molecule has 0 aromatic heterocycles. The number of hydrogen-bond donors (Lipinski definition) is 2. The Labute approximate surface area is 126 Å². The molecule has 0 aliphatic heterocycles. The number of thiocarbonyl (C=S) groups is 1. The molecule has 0 unspecified atom stereocenters. The van der Waals surface area contributed by atoms with E-state index < -0.39 is 0 Å². The third-order valence-electron chi connectivity index (χ3n) is 2.95. The zero-order valence-electron chi connectivity index (χ0n) is 12.8. The first-order valence-electron chi connectivity index (χ1n) is 6.75. The predicted octanol–water partition coefficient (Wildman–Crippen LogP) is 2.94. The lowest BCUT2D eigenvalue weighted by Gasteiger charge is -2.14. The second-order valence-electron chi connectivity index (χ2n) is 4.83. The molecule has 1 aromatic rings. The van der Waals surface area contributed by atoms with Crippen molar-refractivity contribution in [3.63, 3.8) is 0 Å². The van der Waals surface area contributed by atoms with Gasteiger partial charge in [0, 0.05) is 6.54 Å². The van der Waals surface area contributed by atoms with Gasteiger partial charge in [0.05, 0.1) is 13.3 Å². The van der Waals surface area contributed by atoms with Gasteiger partial charge in [-0.05, 0) is 60.8 Å². The molecule has 0 saturated carbocycles. The number of rotatable bonds is 5. The Morgan fingerprint density at radius 2 is 2.15 bits per heavy atom. The molecule has 0 saturated heterocycles. The van der Waals surface area contributed by atoms with Gasteiger partial charge in [-0.2, -0.15) is 5.10 Å². The lowest BCUT2D eigenvalue weighted by Crippen LogP contribution is -2.31. The lowest BCUT2D eigenvalue weighted by molar-refractivity contribution is 0.407. The average molecular weight is 293 g/mol. The van der Waals surface area contributed by atoms with Crippen molar-refractivity contribution in [3.8, 4) is 5.75 Å². The molecule has 4 nitrogen and oxygen atoms in total. The van der Waals surface area contributed by atoms with Crippen molar-refractivity contribution in [3.05, 3.63) is 28.8 Å². The third kappa shape index (κ3) is 4.49. The van der Waals surface area contributed by atoms with Crippen LogP contribution < -0.4 is 15.5 Å². The minimum Gasteiger partial charge on any atom is -0.496 e. The summed E-state index contributed by atoms with van der Waals surface area (Å²) in [6.45, 7) is 9.09. The third-order valence-corrected chi connectivity index (χ3v) is 3.18. The highest BCUT2D eigenvalue weighted by Gasteiger charge is 2.10. The van der Waals surface area contributed by atoms with Crippen molar-refractivity contribution in [2.24, 2.45) is 5.10 Å². The van der Waals surface area contributed by atoms with E-state index in [0.717, 1.165) is 23.4 Å². The van der Waals surface area contributed by atoms with Crippen molar-refractivity contribution < 1.29 is 4.74 Å². The van der Waals surface area contributed by atoms with E-state index in [-0.39, 0.29) is 0 Å². The van der Waals surface area contributed by atoms with Crippen LogP contribution in [-0.4, -0.2) is 25.0 Å². The van der Waals surface area contributed by atoms with Crippen LogP contribution in [0.3, 0.4) is 0 Å². The number of aryl methyl sites for hydroxylation is 1. The van der Waals surface area contributed by atoms with Crippen LogP contribution in [0.25, 0.3) is 0 Å². The van der Waals surface area contributed by atoms with Gasteiger partial charge in [0.2, 0.25) is 0 Å². The maximum Gasteiger partial charge on any atom is 0.186 e. The largest absolute Gasteiger partial charge is 0.496 e. The summed E-state index contributed by atoms with van der Waals surface area (Å²) in [7, 11) is 1.70. The molecule has 20 heavy (non-hydrogen) atoms. The summed E-state index contributed by atoms with van der Waals surface area (Å²) >= 11 is 5.05. The SMILES string of the molecule is CCNC(=S)N/N=C\c1cc(C(C)C)c(OC)cc1C. The van der Waals surface area contributed by atoms with E-state index in [4.69, 9.17) is 17.0 Å². The fourth-order valence-corrected chi connectivity index (χ4v) is 2.04. The van der Waals surface area contributed by atoms with E-state index in [2.05, 4.69) is 35.8 Å². The molecule has 0 spiro atoms. The molecule has 0 radical (unpaired) electrons. The van der Waals surface area contributed by atoms with Crippen LogP contribution in [0.2, 0.25) is 0 Å². The second-order valence-corrected chi connectivity index (χ2v) is 5.24.